The highest BCUT2D eigenvalue weighted by atomic mass is 32.2. The predicted molar refractivity (Wildman–Crippen MR) is 65.7 cm³/mol. The SMILES string of the molecule is CNS(=O)(=O)CCNC(C)c1ccccc1. The van der Waals surface area contributed by atoms with Crippen molar-refractivity contribution in [2.24, 2.45) is 0 Å². The van der Waals surface area contributed by atoms with Crippen molar-refractivity contribution in [1.29, 1.82) is 0 Å². The maximum Gasteiger partial charge on any atom is 0.212 e. The first-order valence-corrected chi connectivity index (χ1v) is 6.90. The third kappa shape index (κ3) is 4.30. The van der Waals surface area contributed by atoms with E-state index in [4.69, 9.17) is 0 Å². The fraction of sp³-hybridized carbons (Fsp3) is 0.455. The van der Waals surface area contributed by atoms with Crippen LogP contribution in [0.25, 0.3) is 0 Å². The summed E-state index contributed by atoms with van der Waals surface area (Å²) in [5.74, 6) is 0.0979. The molecule has 0 fully saturated rings. The molecule has 4 nitrogen and oxygen atoms in total. The van der Waals surface area contributed by atoms with Crippen molar-refractivity contribution in [2.45, 2.75) is 13.0 Å². The van der Waals surface area contributed by atoms with Gasteiger partial charge in [0.25, 0.3) is 0 Å². The molecule has 1 aromatic carbocycles. The molecule has 0 heterocycles. The molecular formula is C11H18N2O2S. The first-order valence-electron chi connectivity index (χ1n) is 5.25. The van der Waals surface area contributed by atoms with Gasteiger partial charge in [0.05, 0.1) is 5.75 Å². The molecule has 1 rings (SSSR count). The Morgan fingerprint density at radius 1 is 1.25 bits per heavy atom. The number of hydrogen-bond donors (Lipinski definition) is 2. The number of nitrogens with one attached hydrogen (secondary N) is 2. The van der Waals surface area contributed by atoms with Crippen LogP contribution in [0.4, 0.5) is 0 Å². The highest BCUT2D eigenvalue weighted by molar-refractivity contribution is 7.89. The van der Waals surface area contributed by atoms with E-state index in [1.54, 1.807) is 0 Å². The van der Waals surface area contributed by atoms with E-state index in [1.807, 2.05) is 37.3 Å². The lowest BCUT2D eigenvalue weighted by atomic mass is 10.1. The molecule has 16 heavy (non-hydrogen) atoms. The summed E-state index contributed by atoms with van der Waals surface area (Å²) >= 11 is 0. The van der Waals surface area contributed by atoms with Gasteiger partial charge < -0.3 is 5.32 Å². The normalized spacial score (nSPS) is 13.6. The average molecular weight is 242 g/mol. The molecule has 0 spiro atoms. The van der Waals surface area contributed by atoms with Crippen molar-refractivity contribution in [3.05, 3.63) is 35.9 Å². The van der Waals surface area contributed by atoms with E-state index in [1.165, 1.54) is 7.05 Å². The third-order valence-corrected chi connectivity index (χ3v) is 3.80. The van der Waals surface area contributed by atoms with Gasteiger partial charge in [0.15, 0.2) is 0 Å². The van der Waals surface area contributed by atoms with Crippen LogP contribution in [0.2, 0.25) is 0 Å². The highest BCUT2D eigenvalue weighted by Crippen LogP contribution is 2.10. The average Bonchev–Trinajstić information content (AvgIpc) is 2.30. The van der Waals surface area contributed by atoms with E-state index in [0.717, 1.165) is 5.56 Å². The van der Waals surface area contributed by atoms with Gasteiger partial charge in [0.1, 0.15) is 0 Å². The molecule has 0 aliphatic heterocycles. The fourth-order valence-corrected chi connectivity index (χ4v) is 1.96. The second-order valence-corrected chi connectivity index (χ2v) is 5.66. The standard InChI is InChI=1S/C11H18N2O2S/c1-10(11-6-4-3-5-7-11)13-8-9-16(14,15)12-2/h3-7,10,12-13H,8-9H2,1-2H3. The van der Waals surface area contributed by atoms with E-state index in [-0.39, 0.29) is 11.8 Å². The van der Waals surface area contributed by atoms with E-state index < -0.39 is 10.0 Å². The van der Waals surface area contributed by atoms with Gasteiger partial charge >= 0.3 is 0 Å². The van der Waals surface area contributed by atoms with Crippen molar-refractivity contribution in [3.63, 3.8) is 0 Å². The molecule has 0 bridgehead atoms. The second-order valence-electron chi connectivity index (χ2n) is 3.61. The molecule has 0 radical (unpaired) electrons. The van der Waals surface area contributed by atoms with Crippen LogP contribution in [0, 0.1) is 0 Å². The largest absolute Gasteiger partial charge is 0.309 e. The zero-order chi connectivity index (χ0) is 12.0. The van der Waals surface area contributed by atoms with E-state index in [2.05, 4.69) is 10.0 Å². The van der Waals surface area contributed by atoms with E-state index in [9.17, 15) is 8.42 Å². The van der Waals surface area contributed by atoms with Crippen LogP contribution in [0.5, 0.6) is 0 Å². The Bertz CT molecular complexity index is 403. The maximum atomic E-state index is 11.2. The minimum atomic E-state index is -3.11. The molecule has 0 aromatic heterocycles. The summed E-state index contributed by atoms with van der Waals surface area (Å²) < 4.78 is 24.6. The summed E-state index contributed by atoms with van der Waals surface area (Å²) in [6, 6.07) is 10.1. The molecule has 5 heteroatoms. The van der Waals surface area contributed by atoms with Gasteiger partial charge in [-0.3, -0.25) is 0 Å². The molecule has 1 aromatic rings. The van der Waals surface area contributed by atoms with Crippen LogP contribution in [0.3, 0.4) is 0 Å². The van der Waals surface area contributed by atoms with Crippen LogP contribution >= 0.6 is 0 Å². The Hall–Kier alpha value is -0.910. The number of rotatable bonds is 6. The van der Waals surface area contributed by atoms with Crippen molar-refractivity contribution < 1.29 is 8.42 Å². The van der Waals surface area contributed by atoms with Gasteiger partial charge in [-0.05, 0) is 19.5 Å². The van der Waals surface area contributed by atoms with Gasteiger partial charge in [-0.25, -0.2) is 13.1 Å². The smallest absolute Gasteiger partial charge is 0.212 e. The Labute approximate surface area is 97.1 Å². The van der Waals surface area contributed by atoms with Crippen molar-refractivity contribution >= 4 is 10.0 Å². The first kappa shape index (κ1) is 13.2. The predicted octanol–water partition coefficient (Wildman–Crippen LogP) is 0.886. The molecule has 1 unspecified atom stereocenters. The zero-order valence-corrected chi connectivity index (χ0v) is 10.4. The minimum absolute atomic E-state index is 0.0979. The Morgan fingerprint density at radius 2 is 1.88 bits per heavy atom. The molecule has 0 saturated heterocycles. The van der Waals surface area contributed by atoms with E-state index in [0.29, 0.717) is 6.54 Å². The molecule has 90 valence electrons. The number of benzene rings is 1. The summed E-state index contributed by atoms with van der Waals surface area (Å²) in [7, 11) is -1.68. The van der Waals surface area contributed by atoms with Crippen molar-refractivity contribution in [1.82, 2.24) is 10.0 Å². The summed E-state index contributed by atoms with van der Waals surface area (Å²) in [6.07, 6.45) is 0. The highest BCUT2D eigenvalue weighted by Gasteiger charge is 2.08. The molecule has 0 aliphatic carbocycles. The Kier molecular flexibility index (Phi) is 4.92. The van der Waals surface area contributed by atoms with Crippen molar-refractivity contribution in [3.8, 4) is 0 Å². The topological polar surface area (TPSA) is 58.2 Å². The molecular weight excluding hydrogens is 224 g/mol. The quantitative estimate of drug-likeness (QED) is 0.779. The lowest BCUT2D eigenvalue weighted by Crippen LogP contribution is -2.30. The lowest BCUT2D eigenvalue weighted by molar-refractivity contribution is 0.567. The van der Waals surface area contributed by atoms with Gasteiger partial charge in [0, 0.05) is 12.6 Å². The molecule has 0 saturated carbocycles. The Morgan fingerprint density at radius 3 is 2.44 bits per heavy atom. The molecule has 1 atom stereocenters. The first-order chi connectivity index (χ1) is 7.55. The summed E-state index contributed by atoms with van der Waals surface area (Å²) in [5, 5.41) is 3.17. The van der Waals surface area contributed by atoms with Gasteiger partial charge in [-0.15, -0.1) is 0 Å². The lowest BCUT2D eigenvalue weighted by Gasteiger charge is -2.13. The fourth-order valence-electron chi connectivity index (χ4n) is 1.37. The van der Waals surface area contributed by atoms with Crippen molar-refractivity contribution in [2.75, 3.05) is 19.3 Å². The second kappa shape index (κ2) is 5.98. The van der Waals surface area contributed by atoms with Gasteiger partial charge in [-0.1, -0.05) is 30.3 Å². The molecule has 2 N–H and O–H groups in total. The number of sulfonamides is 1. The summed E-state index contributed by atoms with van der Waals surface area (Å²) in [4.78, 5) is 0. The maximum absolute atomic E-state index is 11.2. The number of hydrogen-bond acceptors (Lipinski definition) is 3. The molecule has 0 amide bonds. The van der Waals surface area contributed by atoms with E-state index >= 15 is 0 Å². The summed E-state index contributed by atoms with van der Waals surface area (Å²) in [6.45, 7) is 2.46. The zero-order valence-electron chi connectivity index (χ0n) is 9.60. The monoisotopic (exact) mass is 242 g/mol. The minimum Gasteiger partial charge on any atom is -0.309 e. The van der Waals surface area contributed by atoms with Crippen LogP contribution in [0.1, 0.15) is 18.5 Å². The van der Waals surface area contributed by atoms with Crippen LogP contribution in [-0.2, 0) is 10.0 Å². The van der Waals surface area contributed by atoms with Crippen LogP contribution in [0.15, 0.2) is 30.3 Å². The Balaban J connectivity index is 2.40. The van der Waals surface area contributed by atoms with Gasteiger partial charge in [0.2, 0.25) is 10.0 Å². The van der Waals surface area contributed by atoms with Crippen LogP contribution < -0.4 is 10.0 Å². The van der Waals surface area contributed by atoms with Crippen LogP contribution in [-0.4, -0.2) is 27.8 Å². The van der Waals surface area contributed by atoms with Gasteiger partial charge in [-0.2, -0.15) is 0 Å². The summed E-state index contributed by atoms with van der Waals surface area (Å²) in [5.41, 5.74) is 1.16. The molecule has 0 aliphatic rings. The third-order valence-electron chi connectivity index (χ3n) is 2.43.